The summed E-state index contributed by atoms with van der Waals surface area (Å²) in [6.45, 7) is 4.78. The second-order valence-corrected chi connectivity index (χ2v) is 17.8. The summed E-state index contributed by atoms with van der Waals surface area (Å²) < 4.78 is 5.23. The van der Waals surface area contributed by atoms with E-state index in [-0.39, 0.29) is 13.4 Å². The van der Waals surface area contributed by atoms with Crippen molar-refractivity contribution in [2.75, 3.05) is 9.80 Å². The summed E-state index contributed by atoms with van der Waals surface area (Å²) in [5.41, 5.74) is 25.8. The van der Waals surface area contributed by atoms with E-state index < -0.39 is 0 Å². The predicted octanol–water partition coefficient (Wildman–Crippen LogP) is 9.72. The van der Waals surface area contributed by atoms with Crippen LogP contribution < -0.4 is 42.6 Å². The van der Waals surface area contributed by atoms with E-state index in [1.165, 1.54) is 133 Å². The molecule has 0 aliphatic carbocycles. The number of hydrogen-bond acceptors (Lipinski definition) is 2. The van der Waals surface area contributed by atoms with Crippen LogP contribution in [-0.2, 0) is 0 Å². The minimum atomic E-state index is 0.111. The highest BCUT2D eigenvalue weighted by Gasteiger charge is 2.44. The van der Waals surface area contributed by atoms with Crippen molar-refractivity contribution in [3.05, 3.63) is 193 Å². The number of fused-ring (bicyclic) bond motifs is 14. The van der Waals surface area contributed by atoms with E-state index in [2.05, 4.69) is 215 Å². The van der Waals surface area contributed by atoms with Gasteiger partial charge in [0, 0.05) is 78.1 Å². The summed E-state index contributed by atoms with van der Waals surface area (Å²) in [5.74, 6) is 0. The maximum Gasteiger partial charge on any atom is 0.252 e. The lowest BCUT2D eigenvalue weighted by molar-refractivity contribution is 1.16. The molecule has 15 rings (SSSR count). The van der Waals surface area contributed by atoms with Crippen molar-refractivity contribution in [2.24, 2.45) is 0 Å². The summed E-state index contributed by atoms with van der Waals surface area (Å²) >= 11 is 0. The quantitative estimate of drug-likeness (QED) is 0.162. The van der Waals surface area contributed by atoms with E-state index in [4.69, 9.17) is 0 Å². The molecule has 11 aromatic rings. The van der Waals surface area contributed by atoms with Crippen molar-refractivity contribution in [1.29, 1.82) is 0 Å². The van der Waals surface area contributed by atoms with E-state index >= 15 is 0 Å². The number of benzene rings is 9. The topological polar surface area (TPSA) is 16.3 Å². The Bertz CT molecular complexity index is 3560. The first-order valence-electron chi connectivity index (χ1n) is 21.8. The van der Waals surface area contributed by atoms with E-state index in [0.29, 0.717) is 0 Å². The van der Waals surface area contributed by atoms with Crippen LogP contribution in [0.3, 0.4) is 0 Å². The molecule has 0 N–H and O–H groups in total. The molecule has 0 radical (unpaired) electrons. The van der Waals surface area contributed by atoms with Crippen molar-refractivity contribution in [3.63, 3.8) is 0 Å². The van der Waals surface area contributed by atoms with Crippen LogP contribution in [0.25, 0.3) is 55.0 Å². The lowest BCUT2D eigenvalue weighted by Crippen LogP contribution is -2.60. The highest BCUT2D eigenvalue weighted by Crippen LogP contribution is 2.46. The first-order chi connectivity index (χ1) is 30.6. The van der Waals surface area contributed by atoms with Crippen LogP contribution in [0.1, 0.15) is 11.1 Å². The van der Waals surface area contributed by atoms with Crippen LogP contribution in [0.2, 0.25) is 0 Å². The minimum absolute atomic E-state index is 0.111. The van der Waals surface area contributed by atoms with Crippen LogP contribution in [0, 0.1) is 13.8 Å². The number of anilines is 6. The van der Waals surface area contributed by atoms with Gasteiger partial charge in [0.25, 0.3) is 13.4 Å². The van der Waals surface area contributed by atoms with Gasteiger partial charge in [0.2, 0.25) is 0 Å². The van der Waals surface area contributed by atoms with Crippen molar-refractivity contribution in [1.82, 2.24) is 9.13 Å². The van der Waals surface area contributed by atoms with Gasteiger partial charge in [0.1, 0.15) is 0 Å². The normalized spacial score (nSPS) is 13.8. The molecule has 6 heteroatoms. The van der Waals surface area contributed by atoms with Gasteiger partial charge in [0.15, 0.2) is 0 Å². The van der Waals surface area contributed by atoms with Gasteiger partial charge < -0.3 is 18.9 Å². The molecule has 0 amide bonds. The zero-order chi connectivity index (χ0) is 40.5. The maximum absolute atomic E-state index is 2.61. The molecule has 4 nitrogen and oxygen atoms in total. The van der Waals surface area contributed by atoms with Crippen LogP contribution in [0.15, 0.2) is 182 Å². The highest BCUT2D eigenvalue weighted by molar-refractivity contribution is 7.01. The number of rotatable bonds is 2. The van der Waals surface area contributed by atoms with Gasteiger partial charge in [-0.25, -0.2) is 0 Å². The number of hydrogen-bond donors (Lipinski definition) is 0. The second kappa shape index (κ2) is 11.6. The van der Waals surface area contributed by atoms with Crippen molar-refractivity contribution < 1.29 is 0 Å². The van der Waals surface area contributed by atoms with Gasteiger partial charge in [-0.05, 0) is 132 Å². The Balaban J connectivity index is 1.08. The molecule has 0 saturated carbocycles. The Kier molecular flexibility index (Phi) is 6.17. The minimum Gasteiger partial charge on any atom is -0.311 e. The smallest absolute Gasteiger partial charge is 0.252 e. The van der Waals surface area contributed by atoms with Gasteiger partial charge in [-0.3, -0.25) is 0 Å². The summed E-state index contributed by atoms with van der Waals surface area (Å²) in [6.07, 6.45) is 0. The van der Waals surface area contributed by atoms with Gasteiger partial charge >= 0.3 is 0 Å². The monoisotopic (exact) mass is 786 g/mol. The molecule has 0 unspecified atom stereocenters. The molecule has 6 heterocycles. The predicted molar refractivity (Wildman–Crippen MR) is 263 cm³/mol. The standard InChI is InChI=1S/C56H36B2N4/c1-33-27-39-37-31-38-40-28-34(2)30-44-56(40)62(50-26-14-24-48-54(50)58(44)42-20-10-12-22-46(42)60(48)36-17-7-4-8-18-36)52(38)32-51(37)61-49-25-13-23-47-53(49)57(43(29-33)55(39)61)41-19-9-11-21-45(41)59(47)35-15-5-3-6-16-35/h3-32H,1-2H3. The van der Waals surface area contributed by atoms with Crippen LogP contribution >= 0.6 is 0 Å². The lowest BCUT2D eigenvalue weighted by atomic mass is 9.33. The molecule has 286 valence electrons. The van der Waals surface area contributed by atoms with E-state index in [9.17, 15) is 0 Å². The molecule has 4 aliphatic rings. The van der Waals surface area contributed by atoms with Crippen molar-refractivity contribution in [3.8, 4) is 11.4 Å². The largest absolute Gasteiger partial charge is 0.311 e. The van der Waals surface area contributed by atoms with Gasteiger partial charge in [-0.2, -0.15) is 0 Å². The number of aryl methyl sites for hydroxylation is 2. The van der Waals surface area contributed by atoms with E-state index in [1.807, 2.05) is 0 Å². The fraction of sp³-hybridized carbons (Fsp3) is 0.0357. The number of para-hydroxylation sites is 4. The second-order valence-electron chi connectivity index (χ2n) is 17.8. The zero-order valence-corrected chi connectivity index (χ0v) is 34.3. The van der Waals surface area contributed by atoms with Crippen molar-refractivity contribution >= 4 is 124 Å². The van der Waals surface area contributed by atoms with E-state index in [0.717, 1.165) is 0 Å². The van der Waals surface area contributed by atoms with Gasteiger partial charge in [-0.15, -0.1) is 0 Å². The lowest BCUT2D eigenvalue weighted by Gasteiger charge is -2.40. The molecular weight excluding hydrogens is 750 g/mol. The fourth-order valence-electron chi connectivity index (χ4n) is 12.3. The van der Waals surface area contributed by atoms with Gasteiger partial charge in [0.05, 0.1) is 11.0 Å². The summed E-state index contributed by atoms with van der Waals surface area (Å²) in [6, 6.07) is 68.7. The summed E-state index contributed by atoms with van der Waals surface area (Å²) in [5, 5.41) is 5.26. The molecule has 0 fully saturated rings. The summed E-state index contributed by atoms with van der Waals surface area (Å²) in [7, 11) is 0. The SMILES string of the molecule is Cc1cc2c3c(c1)c1cc4c5cc(C)cc6c5n(c4cc1n3-c1cccc3c1B2c1ccccc1N3c1ccccc1)-c1cccc2c1B6c1ccccc1N2c1ccccc1. The molecule has 2 aromatic heterocycles. The Labute approximate surface area is 359 Å². The molecule has 0 spiro atoms. The molecular formula is C56H36B2N4. The van der Waals surface area contributed by atoms with Crippen LogP contribution in [-0.4, -0.2) is 22.6 Å². The Morgan fingerprint density at radius 1 is 0.323 bits per heavy atom. The third-order valence-electron chi connectivity index (χ3n) is 14.5. The Morgan fingerprint density at radius 2 is 0.726 bits per heavy atom. The Morgan fingerprint density at radius 3 is 1.19 bits per heavy atom. The zero-order valence-electron chi connectivity index (χ0n) is 34.3. The first-order valence-corrected chi connectivity index (χ1v) is 21.8. The van der Waals surface area contributed by atoms with Crippen molar-refractivity contribution in [2.45, 2.75) is 13.8 Å². The van der Waals surface area contributed by atoms with Gasteiger partial charge in [-0.1, -0.05) is 108 Å². The van der Waals surface area contributed by atoms with Crippen LogP contribution in [0.4, 0.5) is 34.1 Å². The molecule has 4 aliphatic heterocycles. The highest BCUT2D eigenvalue weighted by atomic mass is 15.2. The molecule has 0 bridgehead atoms. The summed E-state index contributed by atoms with van der Waals surface area (Å²) in [4.78, 5) is 4.96. The molecule has 0 atom stereocenters. The number of nitrogens with zero attached hydrogens (tertiary/aromatic N) is 4. The van der Waals surface area contributed by atoms with Crippen LogP contribution in [0.5, 0.6) is 0 Å². The number of aromatic nitrogens is 2. The third-order valence-corrected chi connectivity index (χ3v) is 14.5. The molecule has 9 aromatic carbocycles. The first kappa shape index (κ1) is 33.1. The molecule has 62 heavy (non-hydrogen) atoms. The fourth-order valence-corrected chi connectivity index (χ4v) is 12.3. The van der Waals surface area contributed by atoms with E-state index in [1.54, 1.807) is 0 Å². The molecule has 0 saturated heterocycles. The maximum atomic E-state index is 2.61. The third kappa shape index (κ3) is 3.97. The average molecular weight is 787 g/mol. The Hall–Kier alpha value is -7.69. The average Bonchev–Trinajstić information content (AvgIpc) is 3.80.